The molecule has 0 amide bonds. The van der Waals surface area contributed by atoms with Crippen LogP contribution in [0.4, 0.5) is 11.5 Å². The van der Waals surface area contributed by atoms with Gasteiger partial charge in [-0.3, -0.25) is 10.1 Å². The van der Waals surface area contributed by atoms with Crippen LogP contribution in [0.5, 0.6) is 5.75 Å². The summed E-state index contributed by atoms with van der Waals surface area (Å²) in [5, 5.41) is 15.5. The minimum atomic E-state index is -0.478. The van der Waals surface area contributed by atoms with Crippen molar-refractivity contribution in [3.63, 3.8) is 0 Å². The summed E-state index contributed by atoms with van der Waals surface area (Å²) in [6, 6.07) is 14.4. The van der Waals surface area contributed by atoms with Crippen LogP contribution in [0.15, 0.2) is 64.8 Å². The van der Waals surface area contributed by atoms with E-state index in [0.29, 0.717) is 11.6 Å². The average molecular weight is 403 g/mol. The molecule has 0 aliphatic rings. The average Bonchev–Trinajstić information content (AvgIpc) is 2.68. The van der Waals surface area contributed by atoms with Gasteiger partial charge in [0.25, 0.3) is 0 Å². The maximum absolute atomic E-state index is 11.6. The smallest absolute Gasteiger partial charge is 0.343 e. The Bertz CT molecular complexity index is 936. The first-order valence-electron chi connectivity index (χ1n) is 7.86. The van der Waals surface area contributed by atoms with E-state index in [1.165, 1.54) is 18.1 Å². The van der Waals surface area contributed by atoms with Gasteiger partial charge in [-0.25, -0.2) is 9.97 Å². The molecule has 0 bridgehead atoms. The van der Waals surface area contributed by atoms with Crippen LogP contribution < -0.4 is 10.1 Å². The van der Waals surface area contributed by atoms with E-state index in [1.54, 1.807) is 31.4 Å². The normalized spacial score (nSPS) is 10.4. The molecule has 7 nitrogen and oxygen atoms in total. The fourth-order valence-corrected chi connectivity index (χ4v) is 3.26. The molecule has 9 heteroatoms. The second-order valence-electron chi connectivity index (χ2n) is 5.39. The molecule has 0 atom stereocenters. The zero-order valence-electron chi connectivity index (χ0n) is 14.3. The van der Waals surface area contributed by atoms with Crippen molar-refractivity contribution in [1.29, 1.82) is 0 Å². The van der Waals surface area contributed by atoms with Crippen LogP contribution in [0.2, 0.25) is 5.02 Å². The van der Waals surface area contributed by atoms with Crippen LogP contribution >= 0.6 is 23.4 Å². The minimum absolute atomic E-state index is 0.161. The SMILES string of the molecule is COc1ccc(CNc2ncnc(Sc3ccc(Cl)cc3)c2[N+](=O)[O-])cc1. The van der Waals surface area contributed by atoms with Gasteiger partial charge in [0.15, 0.2) is 5.03 Å². The largest absolute Gasteiger partial charge is 0.497 e. The molecule has 1 aromatic heterocycles. The maximum Gasteiger partial charge on any atom is 0.343 e. The molecule has 0 fully saturated rings. The van der Waals surface area contributed by atoms with E-state index >= 15 is 0 Å². The highest BCUT2D eigenvalue weighted by atomic mass is 35.5. The number of ether oxygens (including phenoxy) is 1. The Labute approximate surface area is 164 Å². The van der Waals surface area contributed by atoms with E-state index in [1.807, 2.05) is 24.3 Å². The fraction of sp³-hybridized carbons (Fsp3) is 0.111. The summed E-state index contributed by atoms with van der Waals surface area (Å²) in [6.45, 7) is 0.382. The first-order valence-corrected chi connectivity index (χ1v) is 9.06. The van der Waals surface area contributed by atoms with Crippen molar-refractivity contribution in [2.45, 2.75) is 16.5 Å². The van der Waals surface area contributed by atoms with Crippen molar-refractivity contribution in [1.82, 2.24) is 9.97 Å². The third-order valence-corrected chi connectivity index (χ3v) is 4.87. The molecule has 0 saturated heterocycles. The molecule has 0 unspecified atom stereocenters. The number of benzene rings is 2. The third-order valence-electron chi connectivity index (χ3n) is 3.62. The van der Waals surface area contributed by atoms with Crippen molar-refractivity contribution < 1.29 is 9.66 Å². The summed E-state index contributed by atoms with van der Waals surface area (Å²) in [7, 11) is 1.59. The zero-order chi connectivity index (χ0) is 19.2. The lowest BCUT2D eigenvalue weighted by atomic mass is 10.2. The topological polar surface area (TPSA) is 90.2 Å². The first kappa shape index (κ1) is 18.9. The molecule has 3 rings (SSSR count). The monoisotopic (exact) mass is 402 g/mol. The molecule has 0 saturated carbocycles. The molecule has 138 valence electrons. The van der Waals surface area contributed by atoms with Crippen LogP contribution in [0.25, 0.3) is 0 Å². The lowest BCUT2D eigenvalue weighted by Gasteiger charge is -2.09. The molecule has 1 N–H and O–H groups in total. The number of hydrogen-bond donors (Lipinski definition) is 1. The summed E-state index contributed by atoms with van der Waals surface area (Å²) >= 11 is 7.06. The van der Waals surface area contributed by atoms with Gasteiger partial charge in [-0.1, -0.05) is 35.5 Å². The number of anilines is 1. The van der Waals surface area contributed by atoms with Crippen molar-refractivity contribution in [3.05, 3.63) is 75.6 Å². The number of aromatic nitrogens is 2. The highest BCUT2D eigenvalue weighted by Crippen LogP contribution is 2.36. The summed E-state index contributed by atoms with van der Waals surface area (Å²) in [6.07, 6.45) is 1.31. The van der Waals surface area contributed by atoms with Gasteiger partial charge in [0.1, 0.15) is 12.1 Å². The number of hydrogen-bond acceptors (Lipinski definition) is 7. The molecule has 27 heavy (non-hydrogen) atoms. The van der Waals surface area contributed by atoms with E-state index in [9.17, 15) is 10.1 Å². The van der Waals surface area contributed by atoms with Crippen LogP contribution in [0.3, 0.4) is 0 Å². The molecular weight excluding hydrogens is 388 g/mol. The predicted octanol–water partition coefficient (Wildman–Crippen LogP) is 4.81. The van der Waals surface area contributed by atoms with Gasteiger partial charge >= 0.3 is 5.69 Å². The van der Waals surface area contributed by atoms with Crippen molar-refractivity contribution in [2.24, 2.45) is 0 Å². The second-order valence-corrected chi connectivity index (χ2v) is 6.89. The van der Waals surface area contributed by atoms with E-state index in [4.69, 9.17) is 16.3 Å². The maximum atomic E-state index is 11.6. The fourth-order valence-electron chi connectivity index (χ4n) is 2.27. The van der Waals surface area contributed by atoms with Crippen molar-refractivity contribution in [2.75, 3.05) is 12.4 Å². The van der Waals surface area contributed by atoms with Crippen LogP contribution in [0, 0.1) is 10.1 Å². The zero-order valence-corrected chi connectivity index (χ0v) is 15.8. The molecule has 0 radical (unpaired) electrons. The molecule has 3 aromatic rings. The lowest BCUT2D eigenvalue weighted by Crippen LogP contribution is -2.06. The molecule has 2 aromatic carbocycles. The Morgan fingerprint density at radius 3 is 2.48 bits per heavy atom. The summed E-state index contributed by atoms with van der Waals surface area (Å²) in [5.74, 6) is 0.913. The highest BCUT2D eigenvalue weighted by Gasteiger charge is 2.23. The number of methoxy groups -OCH3 is 1. The quantitative estimate of drug-likeness (QED) is 0.344. The van der Waals surface area contributed by atoms with Gasteiger partial charge in [0.2, 0.25) is 5.82 Å². The number of rotatable bonds is 7. The Morgan fingerprint density at radius 1 is 1.15 bits per heavy atom. The molecule has 0 aliphatic carbocycles. The number of halogens is 1. The molecular formula is C18H15ClN4O3S. The third kappa shape index (κ3) is 4.87. The van der Waals surface area contributed by atoms with E-state index < -0.39 is 4.92 Å². The number of nitro groups is 1. The van der Waals surface area contributed by atoms with Crippen LogP contribution in [-0.2, 0) is 6.54 Å². The summed E-state index contributed by atoms with van der Waals surface area (Å²) < 4.78 is 5.12. The molecule has 0 spiro atoms. The van der Waals surface area contributed by atoms with Gasteiger partial charge in [-0.05, 0) is 42.0 Å². The van der Waals surface area contributed by atoms with Gasteiger partial charge in [-0.15, -0.1) is 0 Å². The standard InChI is InChI=1S/C18H15ClN4O3S/c1-26-14-6-2-12(3-7-14)10-20-17-16(23(24)25)18(22-11-21-17)27-15-8-4-13(19)5-9-15/h2-9,11H,10H2,1H3,(H,20,21,22). The highest BCUT2D eigenvalue weighted by molar-refractivity contribution is 7.99. The van der Waals surface area contributed by atoms with Gasteiger partial charge < -0.3 is 10.1 Å². The first-order chi connectivity index (χ1) is 13.1. The minimum Gasteiger partial charge on any atom is -0.497 e. The van der Waals surface area contributed by atoms with E-state index in [-0.39, 0.29) is 16.5 Å². The molecule has 0 aliphatic heterocycles. The van der Waals surface area contributed by atoms with Crippen molar-refractivity contribution in [3.8, 4) is 5.75 Å². The Morgan fingerprint density at radius 2 is 1.85 bits per heavy atom. The Hall–Kier alpha value is -2.84. The van der Waals surface area contributed by atoms with Gasteiger partial charge in [0.05, 0.1) is 12.0 Å². The van der Waals surface area contributed by atoms with Gasteiger partial charge in [-0.2, -0.15) is 0 Å². The van der Waals surface area contributed by atoms with E-state index in [0.717, 1.165) is 16.2 Å². The lowest BCUT2D eigenvalue weighted by molar-refractivity contribution is -0.387. The molecule has 1 heterocycles. The second kappa shape index (κ2) is 8.70. The predicted molar refractivity (Wildman–Crippen MR) is 105 cm³/mol. The van der Waals surface area contributed by atoms with Gasteiger partial charge in [0, 0.05) is 16.5 Å². The Kier molecular flexibility index (Phi) is 6.10. The van der Waals surface area contributed by atoms with Crippen LogP contribution in [0.1, 0.15) is 5.56 Å². The summed E-state index contributed by atoms with van der Waals surface area (Å²) in [5.41, 5.74) is 0.779. The number of nitrogens with one attached hydrogen (secondary N) is 1. The van der Waals surface area contributed by atoms with Crippen LogP contribution in [-0.4, -0.2) is 22.0 Å². The number of nitrogens with zero attached hydrogens (tertiary/aromatic N) is 3. The Balaban J connectivity index is 1.81. The summed E-state index contributed by atoms with van der Waals surface area (Å²) in [4.78, 5) is 20.1. The van der Waals surface area contributed by atoms with E-state index in [2.05, 4.69) is 15.3 Å². The van der Waals surface area contributed by atoms with Crippen molar-refractivity contribution >= 4 is 34.9 Å².